The number of ether oxygens (including phenoxy) is 5. The lowest BCUT2D eigenvalue weighted by molar-refractivity contribution is -0.150. The van der Waals surface area contributed by atoms with Crippen LogP contribution in [0.1, 0.15) is 63.0 Å². The first-order valence-electron chi connectivity index (χ1n) is 15.1. The average Bonchev–Trinajstić information content (AvgIpc) is 2.96. The fourth-order valence-electron chi connectivity index (χ4n) is 7.81. The summed E-state index contributed by atoms with van der Waals surface area (Å²) in [5.41, 5.74) is 2.60. The Morgan fingerprint density at radius 1 is 1.00 bits per heavy atom. The van der Waals surface area contributed by atoms with Gasteiger partial charge in [-0.05, 0) is 105 Å². The molecule has 4 saturated carbocycles. The lowest BCUT2D eigenvalue weighted by Crippen LogP contribution is -2.48. The maximum atomic E-state index is 6.24. The van der Waals surface area contributed by atoms with Gasteiger partial charge in [0.1, 0.15) is 11.5 Å². The topological polar surface area (TPSA) is 49.4 Å². The van der Waals surface area contributed by atoms with Gasteiger partial charge in [0, 0.05) is 37.2 Å². The summed E-state index contributed by atoms with van der Waals surface area (Å²) in [6.07, 6.45) is 8.75. The lowest BCUT2D eigenvalue weighted by atomic mass is 9.48. The molecule has 5 fully saturated rings. The van der Waals surface area contributed by atoms with Crippen molar-refractivity contribution in [2.24, 2.45) is 17.8 Å². The minimum absolute atomic E-state index is 0.125. The molecule has 2 unspecified atom stereocenters. The van der Waals surface area contributed by atoms with E-state index in [2.05, 4.69) is 35.1 Å². The first-order valence-corrected chi connectivity index (χ1v) is 15.1. The second kappa shape index (κ2) is 12.4. The molecule has 6 heteroatoms. The zero-order valence-electron chi connectivity index (χ0n) is 24.0. The summed E-state index contributed by atoms with van der Waals surface area (Å²) in [5, 5.41) is 0. The fraction of sp³-hybridized carbons (Fsp3) is 0.588. The monoisotopic (exact) mass is 545 g/mol. The highest BCUT2D eigenvalue weighted by Gasteiger charge is 2.52. The molecule has 4 aliphatic carbocycles. The van der Waals surface area contributed by atoms with E-state index in [0.717, 1.165) is 54.3 Å². The van der Waals surface area contributed by atoms with Gasteiger partial charge < -0.3 is 28.6 Å². The summed E-state index contributed by atoms with van der Waals surface area (Å²) < 4.78 is 29.1. The van der Waals surface area contributed by atoms with Gasteiger partial charge in [0.25, 0.3) is 0 Å². The molecular weight excluding hydrogens is 502 g/mol. The molecule has 0 amide bonds. The van der Waals surface area contributed by atoms with Crippen molar-refractivity contribution in [1.29, 1.82) is 0 Å². The number of methoxy groups -OCH3 is 1. The van der Waals surface area contributed by atoms with Gasteiger partial charge in [-0.15, -0.1) is 0 Å². The highest BCUT2D eigenvalue weighted by Crippen LogP contribution is 2.62. The normalized spacial score (nSPS) is 29.5. The van der Waals surface area contributed by atoms with Crippen LogP contribution in [0.4, 0.5) is 0 Å². The van der Waals surface area contributed by atoms with Crippen molar-refractivity contribution in [3.8, 4) is 23.5 Å². The number of nitrogens with zero attached hydrogens (tertiary/aromatic N) is 1. The van der Waals surface area contributed by atoms with Crippen LogP contribution in [-0.2, 0) is 19.6 Å². The van der Waals surface area contributed by atoms with E-state index >= 15 is 0 Å². The Balaban J connectivity index is 1.14. The van der Waals surface area contributed by atoms with Crippen molar-refractivity contribution in [3.05, 3.63) is 59.7 Å². The van der Waals surface area contributed by atoms with Crippen LogP contribution in [0.5, 0.6) is 11.5 Å². The van der Waals surface area contributed by atoms with Crippen LogP contribution >= 0.6 is 0 Å². The van der Waals surface area contributed by atoms with Gasteiger partial charge in [0.2, 0.25) is 0 Å². The van der Waals surface area contributed by atoms with Gasteiger partial charge in [-0.2, -0.15) is 0 Å². The Hall–Kier alpha value is -2.72. The second-order valence-corrected chi connectivity index (χ2v) is 12.3. The maximum absolute atomic E-state index is 6.24. The van der Waals surface area contributed by atoms with Crippen LogP contribution in [0, 0.1) is 29.7 Å². The van der Waals surface area contributed by atoms with Crippen molar-refractivity contribution in [2.45, 2.75) is 69.7 Å². The van der Waals surface area contributed by atoms with E-state index in [0.29, 0.717) is 13.2 Å². The van der Waals surface area contributed by atoms with E-state index in [1.54, 1.807) is 7.11 Å². The minimum Gasteiger partial charge on any atom is -0.493 e. The first kappa shape index (κ1) is 27.4. The minimum atomic E-state index is -0.296. The largest absolute Gasteiger partial charge is 0.493 e. The van der Waals surface area contributed by atoms with Crippen LogP contribution < -0.4 is 9.47 Å². The Morgan fingerprint density at radius 3 is 2.48 bits per heavy atom. The van der Waals surface area contributed by atoms with Crippen LogP contribution in [0.25, 0.3) is 0 Å². The predicted molar refractivity (Wildman–Crippen MR) is 154 cm³/mol. The molecule has 1 saturated heterocycles. The molecular formula is C34H43NO5. The van der Waals surface area contributed by atoms with Crippen LogP contribution in [0.15, 0.2) is 48.5 Å². The zero-order valence-corrected chi connectivity index (χ0v) is 24.0. The molecule has 2 aromatic rings. The molecule has 4 bridgehead atoms. The number of hydrogen-bond acceptors (Lipinski definition) is 6. The Morgan fingerprint density at radius 2 is 1.75 bits per heavy atom. The van der Waals surface area contributed by atoms with E-state index in [-0.39, 0.29) is 24.6 Å². The van der Waals surface area contributed by atoms with Gasteiger partial charge in [0.05, 0.1) is 25.9 Å². The molecule has 7 rings (SSSR count). The molecule has 40 heavy (non-hydrogen) atoms. The summed E-state index contributed by atoms with van der Waals surface area (Å²) in [4.78, 5) is 2.20. The summed E-state index contributed by atoms with van der Waals surface area (Å²) in [5.74, 6) is 7.90. The van der Waals surface area contributed by atoms with Gasteiger partial charge in [-0.1, -0.05) is 18.2 Å². The number of benzene rings is 2. The van der Waals surface area contributed by atoms with Crippen molar-refractivity contribution >= 4 is 0 Å². The van der Waals surface area contributed by atoms with Gasteiger partial charge in [-0.3, -0.25) is 0 Å². The van der Waals surface area contributed by atoms with E-state index in [4.69, 9.17) is 23.7 Å². The molecule has 0 aromatic heterocycles. The standard InChI is InChI=1S/C34H43NO5/c1-25(36-2)39-24-40-33-9-8-26(19-32(33)34-20-27-16-28(21-34)18-29(17-27)22-34)10-12-35-13-15-38-31(23-35)11-14-37-30-6-4-3-5-7-30/h3-9,19,25,27-29,31H,11,13-18,20-24H2,1-2H3. The summed E-state index contributed by atoms with van der Waals surface area (Å²) in [7, 11) is 1.65. The van der Waals surface area contributed by atoms with Crippen LogP contribution in [0.2, 0.25) is 0 Å². The molecule has 0 spiro atoms. The quantitative estimate of drug-likeness (QED) is 0.271. The van der Waals surface area contributed by atoms with Gasteiger partial charge in [-0.25, -0.2) is 0 Å². The molecule has 0 radical (unpaired) electrons. The van der Waals surface area contributed by atoms with Crippen molar-refractivity contribution in [1.82, 2.24) is 4.90 Å². The van der Waals surface area contributed by atoms with Crippen molar-refractivity contribution in [3.63, 3.8) is 0 Å². The van der Waals surface area contributed by atoms with E-state index < -0.39 is 0 Å². The Labute approximate surface area is 239 Å². The molecule has 1 heterocycles. The Kier molecular flexibility index (Phi) is 8.53. The third-order valence-corrected chi connectivity index (χ3v) is 9.39. The fourth-order valence-corrected chi connectivity index (χ4v) is 7.81. The van der Waals surface area contributed by atoms with E-state index in [1.165, 1.54) is 44.1 Å². The molecule has 6 nitrogen and oxygen atoms in total. The second-order valence-electron chi connectivity index (χ2n) is 12.3. The zero-order chi connectivity index (χ0) is 27.4. The molecule has 2 aromatic carbocycles. The molecule has 0 N–H and O–H groups in total. The number of hydrogen-bond donors (Lipinski definition) is 0. The van der Waals surface area contributed by atoms with E-state index in [1.807, 2.05) is 37.3 Å². The van der Waals surface area contributed by atoms with Crippen molar-refractivity contribution in [2.75, 3.05) is 40.2 Å². The molecule has 2 atom stereocenters. The van der Waals surface area contributed by atoms with Crippen molar-refractivity contribution < 1.29 is 23.7 Å². The summed E-state index contributed by atoms with van der Waals surface area (Å²) in [6.45, 7) is 5.01. The molecule has 5 aliphatic rings. The maximum Gasteiger partial charge on any atom is 0.191 e. The summed E-state index contributed by atoms with van der Waals surface area (Å²) in [6, 6.07) is 19.9. The van der Waals surface area contributed by atoms with E-state index in [9.17, 15) is 0 Å². The number of morpholine rings is 1. The van der Waals surface area contributed by atoms with Crippen LogP contribution in [0.3, 0.4) is 0 Å². The Bertz CT molecular complexity index is 1150. The summed E-state index contributed by atoms with van der Waals surface area (Å²) >= 11 is 0. The smallest absolute Gasteiger partial charge is 0.191 e. The SMILES string of the molecule is COC(C)OCOc1ccc(C#CN2CCOC(CCOc3ccccc3)C2)cc1C12CC3CC(CC(C3)C1)C2. The third kappa shape index (κ3) is 6.43. The molecule has 1 aliphatic heterocycles. The van der Waals surface area contributed by atoms with Gasteiger partial charge in [0.15, 0.2) is 13.1 Å². The average molecular weight is 546 g/mol. The predicted octanol–water partition coefficient (Wildman–Crippen LogP) is 5.98. The van der Waals surface area contributed by atoms with Gasteiger partial charge >= 0.3 is 0 Å². The number of rotatable bonds is 10. The lowest BCUT2D eigenvalue weighted by Gasteiger charge is -2.57. The first-order chi connectivity index (χ1) is 19.6. The third-order valence-electron chi connectivity index (χ3n) is 9.39. The van der Waals surface area contributed by atoms with Crippen LogP contribution in [-0.4, -0.2) is 57.5 Å². The highest BCUT2D eigenvalue weighted by molar-refractivity contribution is 5.48. The molecule has 214 valence electrons. The number of para-hydroxylation sites is 1. The highest BCUT2D eigenvalue weighted by atomic mass is 16.7.